The Kier molecular flexibility index (Phi) is 6.77. The Morgan fingerprint density at radius 3 is 2.50 bits per heavy atom. The average Bonchev–Trinajstić information content (AvgIpc) is 2.97. The highest BCUT2D eigenvalue weighted by molar-refractivity contribution is 14.0. The van der Waals surface area contributed by atoms with Crippen LogP contribution in [0.2, 0.25) is 0 Å². The Hall–Kier alpha value is -1.45. The Balaban J connectivity index is 0.00000225. The van der Waals surface area contributed by atoms with Crippen molar-refractivity contribution in [3.63, 3.8) is 0 Å². The number of aryl methyl sites for hydroxylation is 2. The lowest BCUT2D eigenvalue weighted by atomic mass is 10.1. The molecule has 2 N–H and O–H groups in total. The molecule has 1 saturated heterocycles. The van der Waals surface area contributed by atoms with Crippen molar-refractivity contribution in [3.8, 4) is 5.75 Å². The van der Waals surface area contributed by atoms with Crippen LogP contribution in [-0.4, -0.2) is 34.1 Å². The van der Waals surface area contributed by atoms with Gasteiger partial charge in [0.1, 0.15) is 28.3 Å². The van der Waals surface area contributed by atoms with Gasteiger partial charge in [-0.3, -0.25) is 4.90 Å². The highest BCUT2D eigenvalue weighted by Gasteiger charge is 2.27. The number of hydrogen-bond donors (Lipinski definition) is 1. The molecule has 28 heavy (non-hydrogen) atoms. The fourth-order valence-electron chi connectivity index (χ4n) is 3.72. The second kappa shape index (κ2) is 8.92. The SMILES string of the molecule is Cc1sc2nc(C(C)N3CCC(Oc4ccccc4)CC3)nc(N)c2c1C.I. The lowest BCUT2D eigenvalue weighted by Gasteiger charge is -2.35. The number of likely N-dealkylation sites (tertiary alicyclic amines) is 1. The van der Waals surface area contributed by atoms with Crippen molar-refractivity contribution in [2.24, 2.45) is 0 Å². The van der Waals surface area contributed by atoms with Gasteiger partial charge in [-0.1, -0.05) is 18.2 Å². The summed E-state index contributed by atoms with van der Waals surface area (Å²) in [5.74, 6) is 2.38. The van der Waals surface area contributed by atoms with Gasteiger partial charge in [-0.2, -0.15) is 0 Å². The largest absolute Gasteiger partial charge is 0.490 e. The molecule has 0 spiro atoms. The molecule has 7 heteroatoms. The van der Waals surface area contributed by atoms with Crippen LogP contribution in [0.3, 0.4) is 0 Å². The number of nitrogen functional groups attached to an aromatic ring is 1. The van der Waals surface area contributed by atoms with E-state index in [9.17, 15) is 0 Å². The van der Waals surface area contributed by atoms with E-state index in [-0.39, 0.29) is 36.1 Å². The Labute approximate surface area is 187 Å². The number of anilines is 1. The zero-order valence-corrected chi connectivity index (χ0v) is 19.7. The molecule has 0 bridgehead atoms. The third-order valence-corrected chi connectivity index (χ3v) is 6.62. The highest BCUT2D eigenvalue weighted by Crippen LogP contribution is 2.34. The molecule has 1 aliphatic heterocycles. The first kappa shape index (κ1) is 21.3. The molecule has 1 aliphatic rings. The van der Waals surface area contributed by atoms with Crippen LogP contribution in [0.25, 0.3) is 10.2 Å². The second-order valence-corrected chi connectivity index (χ2v) is 8.48. The van der Waals surface area contributed by atoms with Crippen LogP contribution in [0, 0.1) is 13.8 Å². The number of piperidine rings is 1. The number of ether oxygens (including phenoxy) is 1. The number of rotatable bonds is 4. The second-order valence-electron chi connectivity index (χ2n) is 7.27. The molecule has 0 aliphatic carbocycles. The van der Waals surface area contributed by atoms with Crippen molar-refractivity contribution in [3.05, 3.63) is 46.6 Å². The molecule has 150 valence electrons. The van der Waals surface area contributed by atoms with Crippen LogP contribution in [0.1, 0.15) is 42.1 Å². The first-order chi connectivity index (χ1) is 13.0. The summed E-state index contributed by atoms with van der Waals surface area (Å²) in [6.45, 7) is 8.33. The third kappa shape index (κ3) is 4.26. The summed E-state index contributed by atoms with van der Waals surface area (Å²) in [4.78, 5) is 14.2. The number of hydrogen-bond acceptors (Lipinski definition) is 6. The van der Waals surface area contributed by atoms with Gasteiger partial charge < -0.3 is 10.5 Å². The zero-order valence-electron chi connectivity index (χ0n) is 16.5. The minimum absolute atomic E-state index is 0. The number of thiophene rings is 1. The molecule has 1 fully saturated rings. The van der Waals surface area contributed by atoms with Gasteiger partial charge in [0, 0.05) is 18.0 Å². The van der Waals surface area contributed by atoms with E-state index in [0.29, 0.717) is 5.82 Å². The molecule has 1 atom stereocenters. The maximum atomic E-state index is 6.26. The number of nitrogens with zero attached hydrogens (tertiary/aromatic N) is 3. The Bertz CT molecular complexity index is 938. The van der Waals surface area contributed by atoms with Crippen molar-refractivity contribution in [1.29, 1.82) is 0 Å². The van der Waals surface area contributed by atoms with Gasteiger partial charge in [-0.25, -0.2) is 9.97 Å². The minimum Gasteiger partial charge on any atom is -0.490 e. The van der Waals surface area contributed by atoms with E-state index < -0.39 is 0 Å². The number of fused-ring (bicyclic) bond motifs is 1. The number of halogens is 1. The van der Waals surface area contributed by atoms with Crippen LogP contribution in [-0.2, 0) is 0 Å². The monoisotopic (exact) mass is 510 g/mol. The normalized spacial score (nSPS) is 16.7. The van der Waals surface area contributed by atoms with Crippen LogP contribution >= 0.6 is 35.3 Å². The summed E-state index contributed by atoms with van der Waals surface area (Å²) in [6, 6.07) is 10.2. The zero-order chi connectivity index (χ0) is 19.0. The topological polar surface area (TPSA) is 64.3 Å². The Morgan fingerprint density at radius 1 is 1.14 bits per heavy atom. The summed E-state index contributed by atoms with van der Waals surface area (Å²) >= 11 is 1.70. The van der Waals surface area contributed by atoms with E-state index in [1.165, 1.54) is 10.4 Å². The lowest BCUT2D eigenvalue weighted by molar-refractivity contribution is 0.0776. The van der Waals surface area contributed by atoms with Crippen molar-refractivity contribution >= 4 is 51.3 Å². The van der Waals surface area contributed by atoms with E-state index in [4.69, 9.17) is 15.5 Å². The molecule has 4 rings (SSSR count). The van der Waals surface area contributed by atoms with Crippen LogP contribution in [0.15, 0.2) is 30.3 Å². The summed E-state index contributed by atoms with van der Waals surface area (Å²) in [5, 5.41) is 1.02. The van der Waals surface area contributed by atoms with E-state index in [0.717, 1.165) is 47.7 Å². The summed E-state index contributed by atoms with van der Waals surface area (Å²) < 4.78 is 6.11. The van der Waals surface area contributed by atoms with Gasteiger partial charge in [0.25, 0.3) is 0 Å². The number of benzene rings is 1. The van der Waals surface area contributed by atoms with Gasteiger partial charge >= 0.3 is 0 Å². The van der Waals surface area contributed by atoms with E-state index in [2.05, 4.69) is 30.7 Å². The van der Waals surface area contributed by atoms with Crippen molar-refractivity contribution in [2.45, 2.75) is 45.8 Å². The fraction of sp³-hybridized carbons (Fsp3) is 0.429. The molecule has 2 aromatic heterocycles. The fourth-order valence-corrected chi connectivity index (χ4v) is 4.76. The lowest BCUT2D eigenvalue weighted by Crippen LogP contribution is -2.40. The van der Waals surface area contributed by atoms with E-state index in [1.807, 2.05) is 30.3 Å². The maximum Gasteiger partial charge on any atom is 0.149 e. The summed E-state index contributed by atoms with van der Waals surface area (Å²) in [7, 11) is 0. The number of para-hydroxylation sites is 1. The van der Waals surface area contributed by atoms with Crippen molar-refractivity contribution in [1.82, 2.24) is 14.9 Å². The molecule has 0 radical (unpaired) electrons. The predicted octanol–water partition coefficient (Wildman–Crippen LogP) is 5.11. The standard InChI is InChI=1S/C21H26N4OS.HI/c1-13-15(3)27-21-18(13)19(22)23-20(24-21)14(2)25-11-9-17(10-12-25)26-16-7-5-4-6-8-16;/h4-8,14,17H,9-12H2,1-3H3,(H2,22,23,24);1H. The average molecular weight is 510 g/mol. The van der Waals surface area contributed by atoms with Gasteiger partial charge in [0.15, 0.2) is 0 Å². The van der Waals surface area contributed by atoms with E-state index >= 15 is 0 Å². The molecule has 3 aromatic rings. The molecule has 5 nitrogen and oxygen atoms in total. The maximum absolute atomic E-state index is 6.26. The molecular formula is C21H27IN4OS. The molecule has 1 aromatic carbocycles. The van der Waals surface area contributed by atoms with Gasteiger partial charge in [0.05, 0.1) is 11.4 Å². The molecule has 1 unspecified atom stereocenters. The van der Waals surface area contributed by atoms with Gasteiger partial charge in [-0.15, -0.1) is 35.3 Å². The van der Waals surface area contributed by atoms with Crippen LogP contribution in [0.5, 0.6) is 5.75 Å². The molecule has 3 heterocycles. The molecule has 0 saturated carbocycles. The molecule has 0 amide bonds. The Morgan fingerprint density at radius 2 is 1.82 bits per heavy atom. The minimum atomic E-state index is 0. The van der Waals surface area contributed by atoms with Crippen molar-refractivity contribution < 1.29 is 4.74 Å². The number of aromatic nitrogens is 2. The summed E-state index contributed by atoms with van der Waals surface area (Å²) in [5.41, 5.74) is 7.46. The molecular weight excluding hydrogens is 483 g/mol. The van der Waals surface area contributed by atoms with Gasteiger partial charge in [0.2, 0.25) is 0 Å². The van der Waals surface area contributed by atoms with Gasteiger partial charge in [-0.05, 0) is 51.3 Å². The number of nitrogens with two attached hydrogens (primary N) is 1. The first-order valence-corrected chi connectivity index (χ1v) is 10.3. The van der Waals surface area contributed by atoms with E-state index in [1.54, 1.807) is 11.3 Å². The van der Waals surface area contributed by atoms with Crippen molar-refractivity contribution in [2.75, 3.05) is 18.8 Å². The van der Waals surface area contributed by atoms with Crippen LogP contribution in [0.4, 0.5) is 5.82 Å². The quantitative estimate of drug-likeness (QED) is 0.494. The smallest absolute Gasteiger partial charge is 0.149 e. The highest BCUT2D eigenvalue weighted by atomic mass is 127. The summed E-state index contributed by atoms with van der Waals surface area (Å²) in [6.07, 6.45) is 2.29. The first-order valence-electron chi connectivity index (χ1n) is 9.52. The van der Waals surface area contributed by atoms with Crippen LogP contribution < -0.4 is 10.5 Å². The third-order valence-electron chi connectivity index (χ3n) is 5.52. The predicted molar refractivity (Wildman–Crippen MR) is 127 cm³/mol.